The maximum absolute atomic E-state index is 6.19. The zero-order valence-corrected chi connectivity index (χ0v) is 12.9. The van der Waals surface area contributed by atoms with Crippen LogP contribution in [-0.4, -0.2) is 30.6 Å². The van der Waals surface area contributed by atoms with Gasteiger partial charge in [-0.1, -0.05) is 13.3 Å². The molecule has 0 aromatic heterocycles. The second-order valence-corrected chi connectivity index (χ2v) is 7.93. The van der Waals surface area contributed by atoms with Gasteiger partial charge in [-0.25, -0.2) is 0 Å². The van der Waals surface area contributed by atoms with Crippen molar-refractivity contribution in [2.24, 2.45) is 29.4 Å². The molecule has 3 aliphatic rings. The van der Waals surface area contributed by atoms with Gasteiger partial charge in [0.15, 0.2) is 0 Å². The molecule has 2 bridgehead atoms. The van der Waals surface area contributed by atoms with Gasteiger partial charge in [0.1, 0.15) is 0 Å². The summed E-state index contributed by atoms with van der Waals surface area (Å²) in [5.41, 5.74) is 6.52. The van der Waals surface area contributed by atoms with Gasteiger partial charge in [-0.2, -0.15) is 0 Å². The molecule has 3 unspecified atom stereocenters. The third-order valence-corrected chi connectivity index (χ3v) is 6.79. The maximum atomic E-state index is 6.19. The fourth-order valence-electron chi connectivity index (χ4n) is 5.19. The Balaban J connectivity index is 1.60. The summed E-state index contributed by atoms with van der Waals surface area (Å²) in [5, 5.41) is 0. The van der Waals surface area contributed by atoms with Crippen molar-refractivity contribution in [3.8, 4) is 0 Å². The van der Waals surface area contributed by atoms with Crippen LogP contribution in [0.15, 0.2) is 0 Å². The number of hydrogen-bond donors (Lipinski definition) is 1. The molecule has 0 aliphatic heterocycles. The van der Waals surface area contributed by atoms with Crippen molar-refractivity contribution in [3.63, 3.8) is 0 Å². The van der Waals surface area contributed by atoms with E-state index in [0.29, 0.717) is 5.54 Å². The summed E-state index contributed by atoms with van der Waals surface area (Å²) >= 11 is 0. The van der Waals surface area contributed by atoms with Gasteiger partial charge < -0.3 is 5.73 Å². The second-order valence-electron chi connectivity index (χ2n) is 7.93. The summed E-state index contributed by atoms with van der Waals surface area (Å²) in [4.78, 5) is 2.67. The van der Waals surface area contributed by atoms with E-state index in [9.17, 15) is 0 Å². The minimum absolute atomic E-state index is 0.328. The highest BCUT2D eigenvalue weighted by Gasteiger charge is 2.43. The molecule has 3 aliphatic carbocycles. The summed E-state index contributed by atoms with van der Waals surface area (Å²) in [7, 11) is 2.36. The molecule has 0 spiro atoms. The van der Waals surface area contributed by atoms with Crippen molar-refractivity contribution in [1.82, 2.24) is 4.90 Å². The van der Waals surface area contributed by atoms with Crippen LogP contribution in [0.3, 0.4) is 0 Å². The van der Waals surface area contributed by atoms with Crippen LogP contribution in [0.2, 0.25) is 0 Å². The van der Waals surface area contributed by atoms with Crippen LogP contribution in [0.5, 0.6) is 0 Å². The van der Waals surface area contributed by atoms with Gasteiger partial charge in [-0.05, 0) is 75.7 Å². The van der Waals surface area contributed by atoms with Crippen molar-refractivity contribution >= 4 is 0 Å². The predicted molar refractivity (Wildman–Crippen MR) is 81.0 cm³/mol. The second kappa shape index (κ2) is 5.37. The number of fused-ring (bicyclic) bond motifs is 2. The van der Waals surface area contributed by atoms with E-state index in [2.05, 4.69) is 18.9 Å². The van der Waals surface area contributed by atoms with Crippen LogP contribution in [0, 0.1) is 23.7 Å². The lowest BCUT2D eigenvalue weighted by Crippen LogP contribution is -2.55. The molecule has 0 aromatic rings. The van der Waals surface area contributed by atoms with E-state index in [0.717, 1.165) is 30.2 Å². The van der Waals surface area contributed by atoms with E-state index >= 15 is 0 Å². The molecule has 110 valence electrons. The van der Waals surface area contributed by atoms with Gasteiger partial charge in [-0.3, -0.25) is 4.90 Å². The highest BCUT2D eigenvalue weighted by Crippen LogP contribution is 2.49. The lowest BCUT2D eigenvalue weighted by molar-refractivity contribution is 0.0463. The van der Waals surface area contributed by atoms with E-state index < -0.39 is 0 Å². The van der Waals surface area contributed by atoms with Crippen LogP contribution >= 0.6 is 0 Å². The Hall–Kier alpha value is -0.0800. The van der Waals surface area contributed by atoms with Gasteiger partial charge in [0, 0.05) is 18.6 Å². The SMILES string of the molecule is CC1CCC(CN)(N(C)CC2CC3CCC2C3)CC1. The van der Waals surface area contributed by atoms with Crippen molar-refractivity contribution in [1.29, 1.82) is 0 Å². The van der Waals surface area contributed by atoms with Gasteiger partial charge in [0.25, 0.3) is 0 Å². The molecule has 3 fully saturated rings. The molecule has 2 N–H and O–H groups in total. The van der Waals surface area contributed by atoms with E-state index in [4.69, 9.17) is 5.73 Å². The zero-order chi connectivity index (χ0) is 13.5. The molecule has 3 atom stereocenters. The van der Waals surface area contributed by atoms with Crippen molar-refractivity contribution in [2.75, 3.05) is 20.1 Å². The van der Waals surface area contributed by atoms with Crippen molar-refractivity contribution in [2.45, 2.75) is 63.8 Å². The lowest BCUT2D eigenvalue weighted by atomic mass is 9.75. The smallest absolute Gasteiger partial charge is 0.0329 e. The quantitative estimate of drug-likeness (QED) is 0.844. The topological polar surface area (TPSA) is 29.3 Å². The Bertz CT molecular complexity index is 306. The first-order chi connectivity index (χ1) is 9.13. The standard InChI is InChI=1S/C17H32N2/c1-13-5-7-17(12-18,8-6-13)19(2)11-16-10-14-3-4-15(16)9-14/h13-16H,3-12,18H2,1-2H3. The molecule has 3 saturated carbocycles. The molecule has 19 heavy (non-hydrogen) atoms. The monoisotopic (exact) mass is 264 g/mol. The molecule has 0 saturated heterocycles. The summed E-state index contributed by atoms with van der Waals surface area (Å²) < 4.78 is 0. The van der Waals surface area contributed by atoms with E-state index in [1.54, 1.807) is 0 Å². The number of nitrogens with zero attached hydrogens (tertiary/aromatic N) is 1. The van der Waals surface area contributed by atoms with Gasteiger partial charge >= 0.3 is 0 Å². The molecule has 0 aromatic carbocycles. The van der Waals surface area contributed by atoms with Crippen LogP contribution in [0.25, 0.3) is 0 Å². The fourth-order valence-corrected chi connectivity index (χ4v) is 5.19. The Morgan fingerprint density at radius 1 is 1.11 bits per heavy atom. The van der Waals surface area contributed by atoms with E-state index in [1.807, 2.05) is 0 Å². The van der Waals surface area contributed by atoms with Crippen molar-refractivity contribution in [3.05, 3.63) is 0 Å². The molecule has 0 radical (unpaired) electrons. The van der Waals surface area contributed by atoms with Crippen LogP contribution in [0.1, 0.15) is 58.3 Å². The Kier molecular flexibility index (Phi) is 3.92. The first-order valence-electron chi connectivity index (χ1n) is 8.54. The third kappa shape index (κ3) is 2.58. The highest BCUT2D eigenvalue weighted by atomic mass is 15.2. The van der Waals surface area contributed by atoms with Gasteiger partial charge in [0.05, 0.1) is 0 Å². The number of rotatable bonds is 4. The largest absolute Gasteiger partial charge is 0.329 e. The Labute approximate surface area is 119 Å². The summed E-state index contributed by atoms with van der Waals surface area (Å²) in [6, 6.07) is 0. The Morgan fingerprint density at radius 2 is 1.84 bits per heavy atom. The fraction of sp³-hybridized carbons (Fsp3) is 1.00. The molecular formula is C17H32N2. The number of likely N-dealkylation sites (N-methyl/N-ethyl adjacent to an activating group) is 1. The summed E-state index contributed by atoms with van der Waals surface area (Å²) in [6.45, 7) is 4.57. The number of nitrogens with two attached hydrogens (primary N) is 1. The molecule has 0 heterocycles. The maximum Gasteiger partial charge on any atom is 0.0329 e. The normalized spacial score (nSPS) is 46.1. The summed E-state index contributed by atoms with van der Waals surface area (Å²) in [6.07, 6.45) is 11.5. The minimum Gasteiger partial charge on any atom is -0.329 e. The number of hydrogen-bond acceptors (Lipinski definition) is 2. The summed E-state index contributed by atoms with van der Waals surface area (Å²) in [5.74, 6) is 4.01. The van der Waals surface area contributed by atoms with Gasteiger partial charge in [0.2, 0.25) is 0 Å². The first kappa shape index (κ1) is 13.9. The predicted octanol–water partition coefficient (Wildman–Crippen LogP) is 3.26. The first-order valence-corrected chi connectivity index (χ1v) is 8.54. The third-order valence-electron chi connectivity index (χ3n) is 6.79. The Morgan fingerprint density at radius 3 is 2.37 bits per heavy atom. The molecule has 0 amide bonds. The molecule has 2 heteroatoms. The molecule has 3 rings (SSSR count). The van der Waals surface area contributed by atoms with Gasteiger partial charge in [-0.15, -0.1) is 0 Å². The lowest BCUT2D eigenvalue weighted by Gasteiger charge is -2.47. The molecular weight excluding hydrogens is 232 g/mol. The molecule has 2 nitrogen and oxygen atoms in total. The average Bonchev–Trinajstić information content (AvgIpc) is 3.02. The van der Waals surface area contributed by atoms with Crippen LogP contribution < -0.4 is 5.73 Å². The van der Waals surface area contributed by atoms with E-state index in [-0.39, 0.29) is 0 Å². The van der Waals surface area contributed by atoms with Crippen LogP contribution in [-0.2, 0) is 0 Å². The van der Waals surface area contributed by atoms with Crippen molar-refractivity contribution < 1.29 is 0 Å². The zero-order valence-electron chi connectivity index (χ0n) is 12.9. The van der Waals surface area contributed by atoms with Crippen LogP contribution in [0.4, 0.5) is 0 Å². The van der Waals surface area contributed by atoms with E-state index in [1.165, 1.54) is 57.9 Å². The highest BCUT2D eigenvalue weighted by molar-refractivity contribution is 4.97. The average molecular weight is 264 g/mol. The minimum atomic E-state index is 0.328.